The van der Waals surface area contributed by atoms with Gasteiger partial charge >= 0.3 is 0 Å². The number of nitriles is 1. The van der Waals surface area contributed by atoms with E-state index < -0.39 is 0 Å². The third-order valence-corrected chi connectivity index (χ3v) is 3.91. The van der Waals surface area contributed by atoms with Crippen molar-refractivity contribution >= 4 is 5.69 Å². The molecule has 0 saturated heterocycles. The first kappa shape index (κ1) is 12.0. The van der Waals surface area contributed by atoms with E-state index in [1.54, 1.807) is 0 Å². The molecule has 0 bridgehead atoms. The van der Waals surface area contributed by atoms with E-state index in [1.165, 1.54) is 25.7 Å². The van der Waals surface area contributed by atoms with Crippen LogP contribution in [0.1, 0.15) is 43.7 Å². The highest BCUT2D eigenvalue weighted by Gasteiger charge is 2.26. The number of nitrogens with zero attached hydrogens (tertiary/aromatic N) is 1. The molecule has 1 aromatic carbocycles. The molecule has 1 N–H and O–H groups in total. The summed E-state index contributed by atoms with van der Waals surface area (Å²) in [6, 6.07) is 8.90. The molecule has 1 fully saturated rings. The van der Waals surface area contributed by atoms with E-state index in [4.69, 9.17) is 0 Å². The predicted octanol–water partition coefficient (Wildman–Crippen LogP) is 3.86. The lowest BCUT2D eigenvalue weighted by molar-refractivity contribution is 0.489. The van der Waals surface area contributed by atoms with Gasteiger partial charge in [-0.3, -0.25) is 0 Å². The van der Waals surface area contributed by atoms with Crippen molar-refractivity contribution in [2.24, 2.45) is 5.92 Å². The molecular weight excluding hydrogens is 208 g/mol. The van der Waals surface area contributed by atoms with Crippen LogP contribution in [0.4, 0.5) is 5.69 Å². The monoisotopic (exact) mass is 228 g/mol. The third-order valence-electron chi connectivity index (χ3n) is 3.91. The molecular formula is C15H20N2. The van der Waals surface area contributed by atoms with Crippen LogP contribution in [0.25, 0.3) is 0 Å². The van der Waals surface area contributed by atoms with Crippen LogP contribution in [0, 0.1) is 24.2 Å². The van der Waals surface area contributed by atoms with Crippen LogP contribution in [0.5, 0.6) is 0 Å². The zero-order chi connectivity index (χ0) is 12.3. The second-order valence-corrected chi connectivity index (χ2v) is 4.96. The molecule has 2 atom stereocenters. The molecule has 0 radical (unpaired) electrons. The highest BCUT2D eigenvalue weighted by atomic mass is 14.9. The van der Waals surface area contributed by atoms with Gasteiger partial charge in [0.05, 0.1) is 11.3 Å². The van der Waals surface area contributed by atoms with Crippen LogP contribution in [-0.2, 0) is 0 Å². The largest absolute Gasteiger partial charge is 0.381 e. The Kier molecular flexibility index (Phi) is 3.68. The predicted molar refractivity (Wildman–Crippen MR) is 70.9 cm³/mol. The summed E-state index contributed by atoms with van der Waals surface area (Å²) in [6.45, 7) is 4.25. The SMILES string of the molecule is CCC1CCCC1Nc1cccc(C)c1C#N. The van der Waals surface area contributed by atoms with E-state index in [2.05, 4.69) is 18.3 Å². The van der Waals surface area contributed by atoms with Gasteiger partial charge in [-0.2, -0.15) is 5.26 Å². The fraction of sp³-hybridized carbons (Fsp3) is 0.533. The summed E-state index contributed by atoms with van der Waals surface area (Å²) in [5.41, 5.74) is 2.87. The summed E-state index contributed by atoms with van der Waals surface area (Å²) >= 11 is 0. The van der Waals surface area contributed by atoms with Gasteiger partial charge in [-0.15, -0.1) is 0 Å². The molecule has 2 rings (SSSR count). The molecule has 0 spiro atoms. The number of benzene rings is 1. The fourth-order valence-electron chi connectivity index (χ4n) is 2.85. The molecule has 0 amide bonds. The Morgan fingerprint density at radius 1 is 1.41 bits per heavy atom. The average Bonchev–Trinajstić information content (AvgIpc) is 2.77. The lowest BCUT2D eigenvalue weighted by Gasteiger charge is -2.22. The van der Waals surface area contributed by atoms with Gasteiger partial charge in [0.15, 0.2) is 0 Å². The van der Waals surface area contributed by atoms with Gasteiger partial charge in [-0.25, -0.2) is 0 Å². The van der Waals surface area contributed by atoms with Crippen LogP contribution < -0.4 is 5.32 Å². The Hall–Kier alpha value is -1.49. The van der Waals surface area contributed by atoms with Crippen molar-refractivity contribution in [1.82, 2.24) is 0 Å². The molecule has 17 heavy (non-hydrogen) atoms. The minimum atomic E-state index is 0.550. The highest BCUT2D eigenvalue weighted by molar-refractivity contribution is 5.61. The minimum Gasteiger partial charge on any atom is -0.381 e. The number of nitrogens with one attached hydrogen (secondary N) is 1. The Morgan fingerprint density at radius 2 is 2.24 bits per heavy atom. The van der Waals surface area contributed by atoms with Crippen molar-refractivity contribution in [3.63, 3.8) is 0 Å². The first-order chi connectivity index (χ1) is 8.26. The maximum Gasteiger partial charge on any atom is 0.102 e. The molecule has 0 aromatic heterocycles. The highest BCUT2D eigenvalue weighted by Crippen LogP contribution is 2.31. The maximum absolute atomic E-state index is 9.21. The summed E-state index contributed by atoms with van der Waals surface area (Å²) in [4.78, 5) is 0. The first-order valence-electron chi connectivity index (χ1n) is 6.52. The Labute approximate surface area is 104 Å². The number of hydrogen-bond donors (Lipinski definition) is 1. The summed E-state index contributed by atoms with van der Waals surface area (Å²) in [5.74, 6) is 0.766. The van der Waals surface area contributed by atoms with Crippen LogP contribution in [-0.4, -0.2) is 6.04 Å². The third kappa shape index (κ3) is 2.44. The minimum absolute atomic E-state index is 0.550. The van der Waals surface area contributed by atoms with E-state index in [1.807, 2.05) is 25.1 Å². The van der Waals surface area contributed by atoms with Gasteiger partial charge < -0.3 is 5.32 Å². The van der Waals surface area contributed by atoms with E-state index in [-0.39, 0.29) is 0 Å². The second-order valence-electron chi connectivity index (χ2n) is 4.96. The lowest BCUT2D eigenvalue weighted by atomic mass is 9.99. The zero-order valence-electron chi connectivity index (χ0n) is 10.7. The lowest BCUT2D eigenvalue weighted by Crippen LogP contribution is -2.24. The zero-order valence-corrected chi connectivity index (χ0v) is 10.7. The molecule has 0 heterocycles. The van der Waals surface area contributed by atoms with Crippen LogP contribution in [0.2, 0.25) is 0 Å². The number of hydrogen-bond acceptors (Lipinski definition) is 2. The van der Waals surface area contributed by atoms with Gasteiger partial charge in [0.25, 0.3) is 0 Å². The van der Waals surface area contributed by atoms with Crippen molar-refractivity contribution in [2.45, 2.75) is 45.6 Å². The molecule has 1 aliphatic rings. The number of rotatable bonds is 3. The van der Waals surface area contributed by atoms with Crippen molar-refractivity contribution in [3.05, 3.63) is 29.3 Å². The summed E-state index contributed by atoms with van der Waals surface area (Å²) in [6.07, 6.45) is 5.09. The van der Waals surface area contributed by atoms with Crippen molar-refractivity contribution in [3.8, 4) is 6.07 Å². The van der Waals surface area contributed by atoms with Gasteiger partial charge in [-0.1, -0.05) is 31.9 Å². The van der Waals surface area contributed by atoms with E-state index in [0.29, 0.717) is 6.04 Å². The quantitative estimate of drug-likeness (QED) is 0.852. The van der Waals surface area contributed by atoms with Crippen molar-refractivity contribution in [2.75, 3.05) is 5.32 Å². The Balaban J connectivity index is 2.19. The Bertz CT molecular complexity index is 431. The van der Waals surface area contributed by atoms with E-state index in [9.17, 15) is 5.26 Å². The molecule has 2 heteroatoms. The van der Waals surface area contributed by atoms with Crippen LogP contribution in [0.15, 0.2) is 18.2 Å². The molecule has 90 valence electrons. The molecule has 1 saturated carbocycles. The number of aryl methyl sites for hydroxylation is 1. The molecule has 0 aliphatic heterocycles. The number of anilines is 1. The van der Waals surface area contributed by atoms with E-state index >= 15 is 0 Å². The summed E-state index contributed by atoms with van der Waals surface area (Å²) in [7, 11) is 0. The van der Waals surface area contributed by atoms with Gasteiger partial charge in [-0.05, 0) is 37.3 Å². The second kappa shape index (κ2) is 5.23. The first-order valence-corrected chi connectivity index (χ1v) is 6.52. The van der Waals surface area contributed by atoms with Crippen LogP contribution in [0.3, 0.4) is 0 Å². The van der Waals surface area contributed by atoms with Crippen LogP contribution >= 0.6 is 0 Å². The van der Waals surface area contributed by atoms with Gasteiger partial charge in [0.1, 0.15) is 6.07 Å². The summed E-state index contributed by atoms with van der Waals surface area (Å²) < 4.78 is 0. The van der Waals surface area contributed by atoms with Crippen molar-refractivity contribution < 1.29 is 0 Å². The molecule has 2 nitrogen and oxygen atoms in total. The molecule has 1 aliphatic carbocycles. The maximum atomic E-state index is 9.21. The topological polar surface area (TPSA) is 35.8 Å². The smallest absolute Gasteiger partial charge is 0.102 e. The van der Waals surface area contributed by atoms with Gasteiger partial charge in [0.2, 0.25) is 0 Å². The van der Waals surface area contributed by atoms with E-state index in [0.717, 1.165) is 22.7 Å². The Morgan fingerprint density at radius 3 is 2.94 bits per heavy atom. The van der Waals surface area contributed by atoms with Gasteiger partial charge in [0, 0.05) is 6.04 Å². The average molecular weight is 228 g/mol. The normalized spacial score (nSPS) is 23.4. The molecule has 2 unspecified atom stereocenters. The van der Waals surface area contributed by atoms with Crippen molar-refractivity contribution in [1.29, 1.82) is 5.26 Å². The fourth-order valence-corrected chi connectivity index (χ4v) is 2.85. The summed E-state index contributed by atoms with van der Waals surface area (Å²) in [5, 5.41) is 12.8. The standard InChI is InChI=1S/C15H20N2/c1-3-12-7-5-8-14(12)17-15-9-4-6-11(2)13(15)10-16/h4,6,9,12,14,17H,3,5,7-8H2,1-2H3. The molecule has 1 aromatic rings.